The van der Waals surface area contributed by atoms with Gasteiger partial charge in [-0.05, 0) is 17.8 Å². The van der Waals surface area contributed by atoms with E-state index in [0.29, 0.717) is 0 Å². The van der Waals surface area contributed by atoms with Gasteiger partial charge in [-0.2, -0.15) is 0 Å². The molecule has 17 heavy (non-hydrogen) atoms. The van der Waals surface area contributed by atoms with Crippen molar-refractivity contribution in [2.24, 2.45) is 17.8 Å². The van der Waals surface area contributed by atoms with E-state index in [9.17, 15) is 0 Å². The maximum atomic E-state index is 2.44. The first-order valence-corrected chi connectivity index (χ1v) is 8.10. The first kappa shape index (κ1) is 17.0. The molecule has 0 aromatic heterocycles. The zero-order valence-electron chi connectivity index (χ0n) is 13.1. The molecule has 0 rings (SSSR count). The van der Waals surface area contributed by atoms with Crippen molar-refractivity contribution < 1.29 is 0 Å². The Bertz CT molecular complexity index is 150. The topological polar surface area (TPSA) is 0 Å². The summed E-state index contributed by atoms with van der Waals surface area (Å²) in [5.41, 5.74) is 0. The Hall–Kier alpha value is 0. The molecule has 3 atom stereocenters. The van der Waals surface area contributed by atoms with Crippen LogP contribution in [0.25, 0.3) is 0 Å². The molecule has 0 nitrogen and oxygen atoms in total. The first-order chi connectivity index (χ1) is 8.10. The minimum absolute atomic E-state index is 0.931. The Labute approximate surface area is 111 Å². The summed E-state index contributed by atoms with van der Waals surface area (Å²) in [7, 11) is 0. The molecule has 0 bridgehead atoms. The highest BCUT2D eigenvalue weighted by Gasteiger charge is 2.07. The van der Waals surface area contributed by atoms with Crippen LogP contribution in [-0.2, 0) is 0 Å². The van der Waals surface area contributed by atoms with Gasteiger partial charge in [0.1, 0.15) is 0 Å². The van der Waals surface area contributed by atoms with E-state index in [4.69, 9.17) is 0 Å². The van der Waals surface area contributed by atoms with Crippen molar-refractivity contribution >= 4 is 0 Å². The summed E-state index contributed by atoms with van der Waals surface area (Å²) < 4.78 is 0. The molecule has 0 spiro atoms. The fourth-order valence-electron chi connectivity index (χ4n) is 2.43. The molecule has 0 saturated carbocycles. The van der Waals surface area contributed by atoms with Crippen LogP contribution in [0.3, 0.4) is 0 Å². The van der Waals surface area contributed by atoms with Crippen LogP contribution < -0.4 is 0 Å². The smallest absolute Gasteiger partial charge is 0.0443 e. The first-order valence-electron chi connectivity index (χ1n) is 8.10. The molecule has 0 radical (unpaired) electrons. The molecule has 3 unspecified atom stereocenters. The van der Waals surface area contributed by atoms with Crippen LogP contribution in [0.5, 0.6) is 0 Å². The summed E-state index contributed by atoms with van der Waals surface area (Å²) >= 11 is 0. The van der Waals surface area contributed by atoms with Crippen LogP contribution in [-0.4, -0.2) is 0 Å². The monoisotopic (exact) mass is 240 g/mol. The van der Waals surface area contributed by atoms with Gasteiger partial charge in [-0.25, -0.2) is 0 Å². The number of unbranched alkanes of at least 4 members (excludes halogenated alkanes) is 1. The van der Waals surface area contributed by atoms with E-state index in [0.717, 1.165) is 17.8 Å². The van der Waals surface area contributed by atoms with E-state index in [2.05, 4.69) is 34.6 Å². The minimum atomic E-state index is 0.931. The van der Waals surface area contributed by atoms with Crippen molar-refractivity contribution in [3.8, 4) is 0 Å². The lowest BCUT2D eigenvalue weighted by Crippen LogP contribution is -2.01. The molecule has 0 heterocycles. The van der Waals surface area contributed by atoms with Crippen molar-refractivity contribution in [1.82, 2.24) is 0 Å². The van der Waals surface area contributed by atoms with Gasteiger partial charge in [0.2, 0.25) is 0 Å². The van der Waals surface area contributed by atoms with E-state index < -0.39 is 0 Å². The van der Waals surface area contributed by atoms with Gasteiger partial charge in [0.25, 0.3) is 0 Å². The van der Waals surface area contributed by atoms with E-state index >= 15 is 0 Å². The van der Waals surface area contributed by atoms with Gasteiger partial charge in [-0.15, -0.1) is 0 Å². The molecule has 0 aliphatic rings. The van der Waals surface area contributed by atoms with Gasteiger partial charge in [-0.1, -0.05) is 92.4 Å². The summed E-state index contributed by atoms with van der Waals surface area (Å²) in [4.78, 5) is 0. The molecule has 0 amide bonds. The molecule has 0 N–H and O–H groups in total. The number of hydrogen-bond donors (Lipinski definition) is 0. The predicted molar refractivity (Wildman–Crippen MR) is 80.4 cm³/mol. The van der Waals surface area contributed by atoms with Gasteiger partial charge in [0.05, 0.1) is 0 Å². The van der Waals surface area contributed by atoms with Crippen molar-refractivity contribution in [3.63, 3.8) is 0 Å². The van der Waals surface area contributed by atoms with Crippen LogP contribution in [0.2, 0.25) is 0 Å². The lowest BCUT2D eigenvalue weighted by Gasteiger charge is -2.16. The third-order valence-corrected chi connectivity index (χ3v) is 4.29. The van der Waals surface area contributed by atoms with E-state index in [1.54, 1.807) is 0 Å². The number of hydrogen-bond acceptors (Lipinski definition) is 0. The zero-order chi connectivity index (χ0) is 13.1. The fraction of sp³-hybridized carbons (Fsp3) is 1.00. The summed E-state index contributed by atoms with van der Waals surface area (Å²) in [5, 5.41) is 0. The van der Waals surface area contributed by atoms with Gasteiger partial charge < -0.3 is 0 Å². The molecule has 0 saturated heterocycles. The van der Waals surface area contributed by atoms with Crippen LogP contribution in [0, 0.1) is 17.8 Å². The molecular formula is C17H36. The summed E-state index contributed by atoms with van der Waals surface area (Å²) in [6.45, 7) is 11.9. The van der Waals surface area contributed by atoms with Crippen molar-refractivity contribution in [2.45, 2.75) is 92.4 Å². The van der Waals surface area contributed by atoms with Crippen molar-refractivity contribution in [2.75, 3.05) is 0 Å². The third-order valence-electron chi connectivity index (χ3n) is 4.29. The molecule has 0 heteroatoms. The summed E-state index contributed by atoms with van der Waals surface area (Å²) in [6, 6.07) is 0. The summed E-state index contributed by atoms with van der Waals surface area (Å²) in [6.07, 6.45) is 12.8. The average molecular weight is 240 g/mol. The highest BCUT2D eigenvalue weighted by Crippen LogP contribution is 2.21. The highest BCUT2D eigenvalue weighted by molar-refractivity contribution is 4.60. The highest BCUT2D eigenvalue weighted by atomic mass is 14.1. The molecule has 0 aliphatic heterocycles. The second-order valence-electron chi connectivity index (χ2n) is 6.37. The van der Waals surface area contributed by atoms with E-state index in [1.807, 2.05) is 0 Å². The SMILES string of the molecule is CCCCC(C)CCCC(C)CCC(C)CC. The predicted octanol–water partition coefficient (Wildman–Crippen LogP) is 6.45. The van der Waals surface area contributed by atoms with Crippen LogP contribution in [0.1, 0.15) is 92.4 Å². The standard InChI is InChI=1S/C17H36/c1-6-8-10-16(4)11-9-12-17(5)14-13-15(3)7-2/h15-17H,6-14H2,1-5H3. The van der Waals surface area contributed by atoms with Gasteiger partial charge in [0.15, 0.2) is 0 Å². The molecule has 0 aromatic carbocycles. The zero-order valence-corrected chi connectivity index (χ0v) is 13.1. The lowest BCUT2D eigenvalue weighted by molar-refractivity contribution is 0.373. The quantitative estimate of drug-likeness (QED) is 0.389. The summed E-state index contributed by atoms with van der Waals surface area (Å²) in [5.74, 6) is 2.83. The maximum absolute atomic E-state index is 2.44. The largest absolute Gasteiger partial charge is 0.0654 e. The Morgan fingerprint density at radius 3 is 1.59 bits per heavy atom. The fourth-order valence-corrected chi connectivity index (χ4v) is 2.43. The van der Waals surface area contributed by atoms with Gasteiger partial charge in [-0.3, -0.25) is 0 Å². The Morgan fingerprint density at radius 1 is 0.588 bits per heavy atom. The van der Waals surface area contributed by atoms with Crippen LogP contribution >= 0.6 is 0 Å². The van der Waals surface area contributed by atoms with Crippen molar-refractivity contribution in [1.29, 1.82) is 0 Å². The molecular weight excluding hydrogens is 204 g/mol. The molecule has 0 aliphatic carbocycles. The second kappa shape index (κ2) is 11.1. The normalized spacial score (nSPS) is 16.8. The van der Waals surface area contributed by atoms with E-state index in [-0.39, 0.29) is 0 Å². The lowest BCUT2D eigenvalue weighted by atomic mass is 9.91. The van der Waals surface area contributed by atoms with Crippen molar-refractivity contribution in [3.05, 3.63) is 0 Å². The Balaban J connectivity index is 3.40. The second-order valence-corrected chi connectivity index (χ2v) is 6.37. The average Bonchev–Trinajstić information content (AvgIpc) is 2.33. The molecule has 0 aromatic rings. The molecule has 0 fully saturated rings. The molecule has 104 valence electrons. The van der Waals surface area contributed by atoms with Gasteiger partial charge in [0, 0.05) is 0 Å². The minimum Gasteiger partial charge on any atom is -0.0654 e. The van der Waals surface area contributed by atoms with E-state index in [1.165, 1.54) is 57.8 Å². The van der Waals surface area contributed by atoms with Crippen LogP contribution in [0.15, 0.2) is 0 Å². The Morgan fingerprint density at radius 2 is 1.06 bits per heavy atom. The Kier molecular flexibility index (Phi) is 11.1. The third kappa shape index (κ3) is 10.9. The maximum Gasteiger partial charge on any atom is -0.0443 e. The number of rotatable bonds is 11. The van der Waals surface area contributed by atoms with Crippen LogP contribution in [0.4, 0.5) is 0 Å². The van der Waals surface area contributed by atoms with Gasteiger partial charge >= 0.3 is 0 Å².